The normalized spacial score (nSPS) is 11.7. The second-order valence-corrected chi connectivity index (χ2v) is 4.69. The third kappa shape index (κ3) is 4.71. The van der Waals surface area contributed by atoms with Gasteiger partial charge in [0.25, 0.3) is 0 Å². The number of nitrogens with one attached hydrogen (secondary N) is 1. The second-order valence-electron chi connectivity index (χ2n) is 0.890. The van der Waals surface area contributed by atoms with Crippen LogP contribution in [0, 0.1) is 0 Å². The van der Waals surface area contributed by atoms with Gasteiger partial charge in [-0.2, -0.15) is 0 Å². The van der Waals surface area contributed by atoms with Crippen molar-refractivity contribution in [1.82, 2.24) is 2.94 Å². The fourth-order valence-electron chi connectivity index (χ4n) is 0. The van der Waals surface area contributed by atoms with Crippen LogP contribution in [0.1, 0.15) is 0 Å². The summed E-state index contributed by atoms with van der Waals surface area (Å²) in [6.07, 6.45) is 1.14. The van der Waals surface area contributed by atoms with Crippen LogP contribution in [0.3, 0.4) is 0 Å². The molecule has 5 heteroatoms. The predicted octanol–water partition coefficient (Wildman–Crippen LogP) is -1.65. The Bertz CT molecular complexity index is 116. The first-order chi connectivity index (χ1) is 2.56. The van der Waals surface area contributed by atoms with Crippen molar-refractivity contribution in [2.75, 3.05) is 6.26 Å². The summed E-state index contributed by atoms with van der Waals surface area (Å²) in [5.74, 6) is 0. The van der Waals surface area contributed by atoms with E-state index in [9.17, 15) is 8.42 Å². The van der Waals surface area contributed by atoms with E-state index in [0.29, 0.717) is 22.8 Å². The maximum atomic E-state index is 9.92. The van der Waals surface area contributed by atoms with Gasteiger partial charge in [-0.25, -0.2) is 0 Å². The van der Waals surface area contributed by atoms with Crippen molar-refractivity contribution in [1.29, 1.82) is 0 Å². The van der Waals surface area contributed by atoms with Crippen molar-refractivity contribution in [2.45, 2.75) is 0 Å². The predicted molar refractivity (Wildman–Crippen MR) is 25.1 cm³/mol. The van der Waals surface area contributed by atoms with Crippen molar-refractivity contribution in [2.24, 2.45) is 0 Å². The van der Waals surface area contributed by atoms with Crippen LogP contribution in [0.15, 0.2) is 0 Å². The number of sulfonamides is 1. The van der Waals surface area contributed by atoms with Crippen LogP contribution in [0.5, 0.6) is 0 Å². The van der Waals surface area contributed by atoms with E-state index in [2.05, 4.69) is 2.94 Å². The topological polar surface area (TPSA) is 46.2 Å². The van der Waals surface area contributed by atoms with Crippen LogP contribution in [-0.4, -0.2) is 37.5 Å². The van der Waals surface area contributed by atoms with Crippen molar-refractivity contribution in [3.05, 3.63) is 0 Å². The molecule has 0 aliphatic heterocycles. The van der Waals surface area contributed by atoms with E-state index < -0.39 is 10.0 Å². The molecule has 0 spiro atoms. The molecule has 0 amide bonds. The van der Waals surface area contributed by atoms with E-state index in [0.717, 1.165) is 6.26 Å². The minimum absolute atomic E-state index is 0.565. The standard InChI is InChI=1S/CH4NO2S.Sn.H/c1-5(2,3)4;;/h1H3,(H-,2,3,4);;/q-1;+1;. The third-order valence-electron chi connectivity index (χ3n) is 0.214. The molecule has 0 aromatic carbocycles. The van der Waals surface area contributed by atoms with Gasteiger partial charge in [-0.1, -0.05) is 0 Å². The zero-order valence-corrected chi connectivity index (χ0v) is 7.41. The summed E-state index contributed by atoms with van der Waals surface area (Å²) >= 11 is 0.565. The summed E-state index contributed by atoms with van der Waals surface area (Å²) in [6, 6.07) is 0. The van der Waals surface area contributed by atoms with Crippen LogP contribution in [0.4, 0.5) is 0 Å². The molecule has 0 aliphatic carbocycles. The Hall–Kier alpha value is 0.709. The summed E-state index contributed by atoms with van der Waals surface area (Å²) in [4.78, 5) is 0. The van der Waals surface area contributed by atoms with Gasteiger partial charge >= 0.3 is 50.4 Å². The summed E-state index contributed by atoms with van der Waals surface area (Å²) in [5, 5.41) is 0. The van der Waals surface area contributed by atoms with Crippen LogP contribution in [0.25, 0.3) is 0 Å². The molecule has 0 unspecified atom stereocenters. The van der Waals surface area contributed by atoms with E-state index in [1.165, 1.54) is 0 Å². The van der Waals surface area contributed by atoms with E-state index in [1.807, 2.05) is 0 Å². The van der Waals surface area contributed by atoms with Crippen LogP contribution >= 0.6 is 0 Å². The molecular weight excluding hydrogens is 209 g/mol. The first kappa shape index (κ1) is 6.71. The van der Waals surface area contributed by atoms with Crippen LogP contribution in [0.2, 0.25) is 0 Å². The van der Waals surface area contributed by atoms with E-state index in [4.69, 9.17) is 0 Å². The first-order valence-corrected chi connectivity index (χ1v) is 4.77. The molecule has 2 radical (unpaired) electrons. The molecule has 0 rings (SSSR count). The molecule has 0 aromatic heterocycles. The van der Waals surface area contributed by atoms with E-state index in [-0.39, 0.29) is 0 Å². The molecule has 0 fully saturated rings. The van der Waals surface area contributed by atoms with E-state index in [1.54, 1.807) is 0 Å². The maximum absolute atomic E-state index is 9.92. The zero-order chi connectivity index (χ0) is 5.21. The molecule has 0 saturated carbocycles. The van der Waals surface area contributed by atoms with Gasteiger partial charge in [-0.05, 0) is 0 Å². The average molecular weight is 214 g/mol. The Balaban J connectivity index is 3.85. The van der Waals surface area contributed by atoms with Gasteiger partial charge in [0.15, 0.2) is 0 Å². The summed E-state index contributed by atoms with van der Waals surface area (Å²) in [5.41, 5.74) is 0. The molecule has 0 atom stereocenters. The summed E-state index contributed by atoms with van der Waals surface area (Å²) in [7, 11) is -2.85. The Morgan fingerprint density at radius 1 is 1.67 bits per heavy atom. The molecular formula is CH5NO2SSn. The molecule has 0 heterocycles. The Morgan fingerprint density at radius 2 is 1.83 bits per heavy atom. The van der Waals surface area contributed by atoms with Crippen LogP contribution in [-0.2, 0) is 10.0 Å². The van der Waals surface area contributed by atoms with Crippen molar-refractivity contribution in [3.63, 3.8) is 0 Å². The summed E-state index contributed by atoms with van der Waals surface area (Å²) < 4.78 is 22.0. The fraction of sp³-hybridized carbons (Fsp3) is 1.00. The number of hydrogen-bond donors (Lipinski definition) is 1. The minimum atomic E-state index is -2.85. The molecule has 0 bridgehead atoms. The van der Waals surface area contributed by atoms with E-state index >= 15 is 0 Å². The van der Waals surface area contributed by atoms with Gasteiger partial charge < -0.3 is 0 Å². The van der Waals surface area contributed by atoms with Crippen LogP contribution < -0.4 is 2.94 Å². The van der Waals surface area contributed by atoms with Gasteiger partial charge in [-0.15, -0.1) is 0 Å². The van der Waals surface area contributed by atoms with Gasteiger partial charge in [0.1, 0.15) is 0 Å². The molecule has 0 aromatic rings. The molecule has 0 saturated heterocycles. The SMILES string of the molecule is CS(=O)(=O)[NH][SnH]. The Morgan fingerprint density at radius 3 is 1.83 bits per heavy atom. The van der Waals surface area contributed by atoms with Crippen molar-refractivity contribution in [3.8, 4) is 0 Å². The van der Waals surface area contributed by atoms with Crippen molar-refractivity contribution >= 4 is 32.8 Å². The van der Waals surface area contributed by atoms with Gasteiger partial charge in [0.05, 0.1) is 0 Å². The number of hydrogen-bond acceptors (Lipinski definition) is 2. The molecule has 3 nitrogen and oxygen atoms in total. The molecule has 36 valence electrons. The Kier molecular flexibility index (Phi) is 2.38. The molecule has 1 N–H and O–H groups in total. The second kappa shape index (κ2) is 2.13. The quantitative estimate of drug-likeness (QED) is 0.531. The fourth-order valence-corrected chi connectivity index (χ4v) is 0. The van der Waals surface area contributed by atoms with Gasteiger partial charge in [-0.3, -0.25) is 0 Å². The van der Waals surface area contributed by atoms with Gasteiger partial charge in [0, 0.05) is 0 Å². The Labute approximate surface area is 50.6 Å². The first-order valence-electron chi connectivity index (χ1n) is 1.23. The molecule has 6 heavy (non-hydrogen) atoms. The van der Waals surface area contributed by atoms with Gasteiger partial charge in [0.2, 0.25) is 0 Å². The zero-order valence-electron chi connectivity index (χ0n) is 3.30. The average Bonchev–Trinajstić information content (AvgIpc) is 1.35. The monoisotopic (exact) mass is 215 g/mol. The third-order valence-corrected chi connectivity index (χ3v) is 4.31. The number of rotatable bonds is 1. The summed E-state index contributed by atoms with van der Waals surface area (Å²) in [6.45, 7) is 0. The molecule has 0 aliphatic rings. The van der Waals surface area contributed by atoms with Crippen molar-refractivity contribution < 1.29 is 8.42 Å².